The highest BCUT2D eigenvalue weighted by atomic mass is 16.5. The minimum Gasteiger partial charge on any atom is -0.494 e. The Kier molecular flexibility index (Phi) is 8.89. The van der Waals surface area contributed by atoms with Crippen LogP contribution in [0.15, 0.2) is 71.1 Å². The molecule has 0 radical (unpaired) electrons. The van der Waals surface area contributed by atoms with Crippen molar-refractivity contribution in [3.8, 4) is 11.5 Å². The van der Waals surface area contributed by atoms with Crippen molar-refractivity contribution < 1.29 is 28.3 Å². The zero-order chi connectivity index (χ0) is 25.2. The first kappa shape index (κ1) is 25.4. The number of furan rings is 1. The van der Waals surface area contributed by atoms with Gasteiger partial charge in [-0.1, -0.05) is 32.0 Å². The van der Waals surface area contributed by atoms with Gasteiger partial charge >= 0.3 is 5.91 Å². The zero-order valence-electron chi connectivity index (χ0n) is 19.9. The Balaban J connectivity index is 1.52. The highest BCUT2D eigenvalue weighted by Crippen LogP contribution is 2.15. The molecular formula is C26H29N3O6. The van der Waals surface area contributed by atoms with Crippen molar-refractivity contribution >= 4 is 17.7 Å². The number of para-hydroxylation sites is 1. The van der Waals surface area contributed by atoms with Gasteiger partial charge in [-0.2, -0.15) is 0 Å². The summed E-state index contributed by atoms with van der Waals surface area (Å²) < 4.78 is 16.5. The summed E-state index contributed by atoms with van der Waals surface area (Å²) in [5.41, 5.74) is 5.05. The molecule has 0 saturated heterocycles. The number of carbonyl (C=O) groups is 3. The van der Waals surface area contributed by atoms with Crippen LogP contribution in [-0.2, 0) is 11.4 Å². The monoisotopic (exact) mass is 479 g/mol. The Morgan fingerprint density at radius 2 is 1.51 bits per heavy atom. The van der Waals surface area contributed by atoms with Gasteiger partial charge in [-0.15, -0.1) is 0 Å². The van der Waals surface area contributed by atoms with Gasteiger partial charge < -0.3 is 19.2 Å². The first-order valence-corrected chi connectivity index (χ1v) is 11.3. The Bertz CT molecular complexity index is 1130. The van der Waals surface area contributed by atoms with Gasteiger partial charge in [0.15, 0.2) is 5.76 Å². The Morgan fingerprint density at radius 1 is 0.829 bits per heavy atom. The fraction of sp³-hybridized carbons (Fsp3) is 0.269. The normalized spacial score (nSPS) is 11.4. The van der Waals surface area contributed by atoms with Gasteiger partial charge in [0.05, 0.1) is 6.61 Å². The molecule has 3 aromatic rings. The van der Waals surface area contributed by atoms with Crippen LogP contribution in [-0.4, -0.2) is 30.4 Å². The van der Waals surface area contributed by atoms with Gasteiger partial charge in [-0.25, -0.2) is 0 Å². The summed E-state index contributed by atoms with van der Waals surface area (Å²) in [5, 5.41) is 2.70. The summed E-state index contributed by atoms with van der Waals surface area (Å²) in [4.78, 5) is 37.7. The van der Waals surface area contributed by atoms with Gasteiger partial charge in [-0.3, -0.25) is 25.2 Å². The summed E-state index contributed by atoms with van der Waals surface area (Å²) >= 11 is 0. The van der Waals surface area contributed by atoms with E-state index in [1.165, 1.54) is 6.07 Å². The van der Waals surface area contributed by atoms with Crippen LogP contribution in [0.25, 0.3) is 0 Å². The first-order chi connectivity index (χ1) is 16.9. The average molecular weight is 480 g/mol. The van der Waals surface area contributed by atoms with E-state index in [4.69, 9.17) is 13.9 Å². The van der Waals surface area contributed by atoms with E-state index in [1.54, 1.807) is 44.2 Å². The number of nitrogens with one attached hydrogen (secondary N) is 3. The van der Waals surface area contributed by atoms with Crippen molar-refractivity contribution in [1.29, 1.82) is 0 Å². The quantitative estimate of drug-likeness (QED) is 0.383. The number of rotatable bonds is 10. The number of carbonyl (C=O) groups excluding carboxylic acids is 3. The molecule has 1 atom stereocenters. The van der Waals surface area contributed by atoms with Crippen LogP contribution in [0.3, 0.4) is 0 Å². The van der Waals surface area contributed by atoms with E-state index in [-0.39, 0.29) is 18.3 Å². The van der Waals surface area contributed by atoms with Crippen LogP contribution in [0.1, 0.15) is 47.4 Å². The van der Waals surface area contributed by atoms with Crippen LogP contribution in [0.4, 0.5) is 0 Å². The SMILES string of the molecule is CCOc1ccc(C(=O)N[C@H](C(=O)NNC(=O)c2ccc(COc3ccccc3)o2)C(C)C)cc1. The molecular weight excluding hydrogens is 450 g/mol. The molecule has 3 N–H and O–H groups in total. The minimum absolute atomic E-state index is 0.0106. The lowest BCUT2D eigenvalue weighted by molar-refractivity contribution is -0.124. The molecule has 35 heavy (non-hydrogen) atoms. The molecule has 184 valence electrons. The number of hydrogen-bond donors (Lipinski definition) is 3. The molecule has 1 aromatic heterocycles. The predicted octanol–water partition coefficient (Wildman–Crippen LogP) is 3.47. The van der Waals surface area contributed by atoms with Gasteiger partial charge in [-0.05, 0) is 61.4 Å². The second-order valence-electron chi connectivity index (χ2n) is 7.96. The molecule has 0 saturated carbocycles. The third-order valence-corrected chi connectivity index (χ3v) is 4.97. The average Bonchev–Trinajstić information content (AvgIpc) is 3.34. The highest BCUT2D eigenvalue weighted by molar-refractivity contribution is 5.98. The van der Waals surface area contributed by atoms with Gasteiger partial charge in [0, 0.05) is 5.56 Å². The van der Waals surface area contributed by atoms with Crippen molar-refractivity contribution in [3.63, 3.8) is 0 Å². The molecule has 2 aromatic carbocycles. The number of ether oxygens (including phenoxy) is 2. The second-order valence-corrected chi connectivity index (χ2v) is 7.96. The smallest absolute Gasteiger partial charge is 0.305 e. The maximum absolute atomic E-state index is 12.7. The van der Waals surface area contributed by atoms with Gasteiger partial charge in [0.2, 0.25) is 0 Å². The van der Waals surface area contributed by atoms with Crippen molar-refractivity contribution in [2.75, 3.05) is 6.61 Å². The molecule has 0 aliphatic carbocycles. The molecule has 0 fully saturated rings. The van der Waals surface area contributed by atoms with E-state index in [0.717, 1.165) is 0 Å². The van der Waals surface area contributed by atoms with E-state index < -0.39 is 23.8 Å². The third-order valence-electron chi connectivity index (χ3n) is 4.97. The van der Waals surface area contributed by atoms with Gasteiger partial charge in [0.1, 0.15) is 29.9 Å². The van der Waals surface area contributed by atoms with Gasteiger partial charge in [0.25, 0.3) is 11.8 Å². The molecule has 0 unspecified atom stereocenters. The maximum Gasteiger partial charge on any atom is 0.305 e. The highest BCUT2D eigenvalue weighted by Gasteiger charge is 2.25. The van der Waals surface area contributed by atoms with Crippen molar-refractivity contribution in [2.24, 2.45) is 5.92 Å². The number of benzene rings is 2. The van der Waals surface area contributed by atoms with E-state index >= 15 is 0 Å². The van der Waals surface area contributed by atoms with E-state index in [0.29, 0.717) is 29.4 Å². The van der Waals surface area contributed by atoms with Crippen LogP contribution in [0.2, 0.25) is 0 Å². The Hall–Kier alpha value is -4.27. The molecule has 9 nitrogen and oxygen atoms in total. The largest absolute Gasteiger partial charge is 0.494 e. The summed E-state index contributed by atoms with van der Waals surface area (Å²) in [6, 6.07) is 18.0. The first-order valence-electron chi connectivity index (χ1n) is 11.3. The Morgan fingerprint density at radius 3 is 2.17 bits per heavy atom. The summed E-state index contributed by atoms with van der Waals surface area (Å²) in [7, 11) is 0. The topological polar surface area (TPSA) is 119 Å². The van der Waals surface area contributed by atoms with E-state index in [1.807, 2.05) is 37.3 Å². The fourth-order valence-corrected chi connectivity index (χ4v) is 3.14. The van der Waals surface area contributed by atoms with Crippen molar-refractivity contribution in [1.82, 2.24) is 16.2 Å². The summed E-state index contributed by atoms with van der Waals surface area (Å²) in [6.07, 6.45) is 0. The number of amides is 3. The molecule has 0 bridgehead atoms. The van der Waals surface area contributed by atoms with E-state index in [9.17, 15) is 14.4 Å². The second kappa shape index (κ2) is 12.3. The molecule has 0 aliphatic heterocycles. The maximum atomic E-state index is 12.7. The Labute approximate surface area is 203 Å². The standard InChI is InChI=1S/C26H29N3O6/c1-4-33-20-12-10-18(11-13-20)24(30)27-23(17(2)3)26(32)29-28-25(31)22-15-14-21(35-22)16-34-19-8-6-5-7-9-19/h5-15,17,23H,4,16H2,1-3H3,(H,27,30)(H,28,31)(H,29,32)/t23-/m0/s1. The van der Waals surface area contributed by atoms with Crippen molar-refractivity contribution in [3.05, 3.63) is 83.8 Å². The third kappa shape index (κ3) is 7.36. The summed E-state index contributed by atoms with van der Waals surface area (Å²) in [5.74, 6) is -0.0565. The van der Waals surface area contributed by atoms with Crippen LogP contribution in [0, 0.1) is 5.92 Å². The molecule has 3 rings (SSSR count). The lowest BCUT2D eigenvalue weighted by Gasteiger charge is -2.21. The van der Waals surface area contributed by atoms with Crippen LogP contribution < -0.4 is 25.6 Å². The number of hydrazine groups is 1. The molecule has 0 spiro atoms. The van der Waals surface area contributed by atoms with Crippen LogP contribution >= 0.6 is 0 Å². The molecule has 3 amide bonds. The fourth-order valence-electron chi connectivity index (χ4n) is 3.14. The predicted molar refractivity (Wildman–Crippen MR) is 129 cm³/mol. The van der Waals surface area contributed by atoms with Crippen LogP contribution in [0.5, 0.6) is 11.5 Å². The lowest BCUT2D eigenvalue weighted by atomic mass is 10.0. The van der Waals surface area contributed by atoms with Crippen molar-refractivity contribution in [2.45, 2.75) is 33.4 Å². The lowest BCUT2D eigenvalue weighted by Crippen LogP contribution is -2.54. The molecule has 0 aliphatic rings. The number of hydrogen-bond acceptors (Lipinski definition) is 6. The zero-order valence-corrected chi connectivity index (χ0v) is 19.9. The summed E-state index contributed by atoms with van der Waals surface area (Å²) in [6.45, 7) is 6.12. The van der Waals surface area contributed by atoms with E-state index in [2.05, 4.69) is 16.2 Å². The molecule has 9 heteroatoms. The minimum atomic E-state index is -0.874. The molecule has 1 heterocycles.